The lowest BCUT2D eigenvalue weighted by Crippen LogP contribution is -2.47. The normalized spacial score (nSPS) is 16.5. The molecule has 0 bridgehead atoms. The van der Waals surface area contributed by atoms with Crippen LogP contribution in [0.4, 0.5) is 8.78 Å². The summed E-state index contributed by atoms with van der Waals surface area (Å²) in [5, 5.41) is 11.4. The molecular formula is C13H13F2NO3. The van der Waals surface area contributed by atoms with E-state index in [9.17, 15) is 18.4 Å². The molecular weight excluding hydrogens is 256 g/mol. The molecule has 0 atom stereocenters. The van der Waals surface area contributed by atoms with Gasteiger partial charge in [-0.2, -0.15) is 0 Å². The van der Waals surface area contributed by atoms with Crippen molar-refractivity contribution in [2.45, 2.75) is 19.3 Å². The minimum atomic E-state index is -0.973. The lowest BCUT2D eigenvalue weighted by atomic mass is 9.69. The molecule has 1 aliphatic carbocycles. The maximum absolute atomic E-state index is 13.4. The Morgan fingerprint density at radius 2 is 2.00 bits per heavy atom. The van der Waals surface area contributed by atoms with E-state index < -0.39 is 34.5 Å². The fourth-order valence-corrected chi connectivity index (χ4v) is 2.09. The molecule has 2 N–H and O–H groups in total. The number of nitrogens with one attached hydrogen (secondary N) is 1. The van der Waals surface area contributed by atoms with Crippen molar-refractivity contribution in [3.63, 3.8) is 0 Å². The summed E-state index contributed by atoms with van der Waals surface area (Å²) in [7, 11) is 0. The van der Waals surface area contributed by atoms with Crippen molar-refractivity contribution in [1.29, 1.82) is 0 Å². The highest BCUT2D eigenvalue weighted by Gasteiger charge is 2.44. The van der Waals surface area contributed by atoms with Gasteiger partial charge in [-0.3, -0.25) is 9.59 Å². The van der Waals surface area contributed by atoms with Crippen LogP contribution in [0.25, 0.3) is 0 Å². The zero-order chi connectivity index (χ0) is 14.0. The molecule has 0 spiro atoms. The number of hydrogen-bond donors (Lipinski definition) is 2. The Morgan fingerprint density at radius 1 is 1.32 bits per heavy atom. The van der Waals surface area contributed by atoms with Crippen LogP contribution in [-0.4, -0.2) is 23.5 Å². The molecule has 1 saturated carbocycles. The number of carboxylic acid groups (broad SMARTS) is 1. The van der Waals surface area contributed by atoms with Crippen LogP contribution < -0.4 is 5.32 Å². The first-order chi connectivity index (χ1) is 8.94. The quantitative estimate of drug-likeness (QED) is 0.878. The summed E-state index contributed by atoms with van der Waals surface area (Å²) in [6.07, 6.45) is 1.75. The van der Waals surface area contributed by atoms with Gasteiger partial charge in [-0.05, 0) is 31.0 Å². The number of halogens is 2. The van der Waals surface area contributed by atoms with Crippen molar-refractivity contribution < 1.29 is 23.5 Å². The molecule has 0 radical (unpaired) electrons. The van der Waals surface area contributed by atoms with Gasteiger partial charge in [0.15, 0.2) is 0 Å². The molecule has 1 aromatic carbocycles. The molecule has 0 unspecified atom stereocenters. The van der Waals surface area contributed by atoms with Crippen molar-refractivity contribution in [2.24, 2.45) is 5.41 Å². The topological polar surface area (TPSA) is 66.4 Å². The predicted molar refractivity (Wildman–Crippen MR) is 62.6 cm³/mol. The van der Waals surface area contributed by atoms with E-state index in [2.05, 4.69) is 5.32 Å². The van der Waals surface area contributed by atoms with Crippen molar-refractivity contribution >= 4 is 11.9 Å². The zero-order valence-electron chi connectivity index (χ0n) is 10.1. The van der Waals surface area contributed by atoms with Gasteiger partial charge < -0.3 is 10.4 Å². The standard InChI is InChI=1S/C13H13F2NO3/c14-8-2-3-10(15)9(6-8)11(17)16-7-13(12(18)19)4-1-5-13/h2-3,6H,1,4-5,7H2,(H,16,17)(H,18,19). The van der Waals surface area contributed by atoms with Crippen LogP contribution in [0, 0.1) is 17.0 Å². The first-order valence-corrected chi connectivity index (χ1v) is 5.91. The van der Waals surface area contributed by atoms with E-state index >= 15 is 0 Å². The van der Waals surface area contributed by atoms with Gasteiger partial charge in [0.1, 0.15) is 11.6 Å². The molecule has 1 amide bonds. The Labute approximate surface area is 108 Å². The van der Waals surface area contributed by atoms with Crippen LogP contribution in [0.5, 0.6) is 0 Å². The molecule has 2 rings (SSSR count). The third kappa shape index (κ3) is 2.57. The monoisotopic (exact) mass is 269 g/mol. The van der Waals surface area contributed by atoms with Gasteiger partial charge in [-0.1, -0.05) is 6.42 Å². The molecule has 6 heteroatoms. The highest BCUT2D eigenvalue weighted by molar-refractivity contribution is 5.94. The molecule has 102 valence electrons. The van der Waals surface area contributed by atoms with Crippen LogP contribution in [-0.2, 0) is 4.79 Å². The number of aliphatic carboxylic acids is 1. The molecule has 1 aliphatic rings. The number of carbonyl (C=O) groups excluding carboxylic acids is 1. The van der Waals surface area contributed by atoms with Gasteiger partial charge in [0, 0.05) is 6.54 Å². The SMILES string of the molecule is O=C(NCC1(C(=O)O)CCC1)c1cc(F)ccc1F. The number of benzene rings is 1. The molecule has 1 fully saturated rings. The molecule has 0 aromatic heterocycles. The van der Waals surface area contributed by atoms with Crippen LogP contribution in [0.2, 0.25) is 0 Å². The summed E-state index contributed by atoms with van der Waals surface area (Å²) in [6, 6.07) is 2.57. The van der Waals surface area contributed by atoms with E-state index in [4.69, 9.17) is 5.11 Å². The molecule has 1 aromatic rings. The second-order valence-electron chi connectivity index (χ2n) is 4.75. The molecule has 0 aliphatic heterocycles. The van der Waals surface area contributed by atoms with E-state index in [1.54, 1.807) is 0 Å². The maximum Gasteiger partial charge on any atom is 0.311 e. The smallest absolute Gasteiger partial charge is 0.311 e. The van der Waals surface area contributed by atoms with Crippen LogP contribution in [0.3, 0.4) is 0 Å². The van der Waals surface area contributed by atoms with Gasteiger partial charge in [0.2, 0.25) is 0 Å². The second kappa shape index (κ2) is 4.95. The molecule has 4 nitrogen and oxygen atoms in total. The summed E-state index contributed by atoms with van der Waals surface area (Å²) in [5.74, 6) is -3.33. The molecule has 0 saturated heterocycles. The first kappa shape index (κ1) is 13.5. The second-order valence-corrected chi connectivity index (χ2v) is 4.75. The number of amides is 1. The fraction of sp³-hybridized carbons (Fsp3) is 0.385. The Balaban J connectivity index is 2.05. The van der Waals surface area contributed by atoms with E-state index in [0.29, 0.717) is 12.8 Å². The van der Waals surface area contributed by atoms with Gasteiger partial charge in [-0.25, -0.2) is 8.78 Å². The van der Waals surface area contributed by atoms with E-state index in [-0.39, 0.29) is 6.54 Å². The average molecular weight is 269 g/mol. The van der Waals surface area contributed by atoms with Crippen molar-refractivity contribution in [3.8, 4) is 0 Å². The molecule has 0 heterocycles. The third-order valence-electron chi connectivity index (χ3n) is 3.52. The predicted octanol–water partition coefficient (Wildman–Crippen LogP) is 1.95. The average Bonchev–Trinajstić information content (AvgIpc) is 2.30. The van der Waals surface area contributed by atoms with Crippen LogP contribution >= 0.6 is 0 Å². The largest absolute Gasteiger partial charge is 0.481 e. The highest BCUT2D eigenvalue weighted by atomic mass is 19.1. The number of rotatable bonds is 4. The number of carboxylic acids is 1. The minimum Gasteiger partial charge on any atom is -0.481 e. The van der Waals surface area contributed by atoms with E-state index in [1.807, 2.05) is 0 Å². The zero-order valence-corrected chi connectivity index (χ0v) is 10.1. The Hall–Kier alpha value is -1.98. The van der Waals surface area contributed by atoms with Crippen molar-refractivity contribution in [3.05, 3.63) is 35.4 Å². The molecule has 19 heavy (non-hydrogen) atoms. The van der Waals surface area contributed by atoms with Gasteiger partial charge in [-0.15, -0.1) is 0 Å². The van der Waals surface area contributed by atoms with Crippen molar-refractivity contribution in [2.75, 3.05) is 6.54 Å². The van der Waals surface area contributed by atoms with Gasteiger partial charge >= 0.3 is 5.97 Å². The third-order valence-corrected chi connectivity index (χ3v) is 3.52. The minimum absolute atomic E-state index is 0.0723. The van der Waals surface area contributed by atoms with Crippen LogP contribution in [0.1, 0.15) is 29.6 Å². The summed E-state index contributed by atoms with van der Waals surface area (Å²) < 4.78 is 26.3. The highest BCUT2D eigenvalue weighted by Crippen LogP contribution is 2.40. The summed E-state index contributed by atoms with van der Waals surface area (Å²) in [6.45, 7) is -0.0723. The lowest BCUT2D eigenvalue weighted by Gasteiger charge is -2.37. The Bertz CT molecular complexity index is 527. The van der Waals surface area contributed by atoms with Crippen molar-refractivity contribution in [1.82, 2.24) is 5.32 Å². The Morgan fingerprint density at radius 3 is 2.53 bits per heavy atom. The van der Waals surface area contributed by atoms with Crippen LogP contribution in [0.15, 0.2) is 18.2 Å². The van der Waals surface area contributed by atoms with E-state index in [0.717, 1.165) is 24.6 Å². The summed E-state index contributed by atoms with van der Waals surface area (Å²) in [5.41, 5.74) is -1.38. The van der Waals surface area contributed by atoms with E-state index in [1.165, 1.54) is 0 Å². The van der Waals surface area contributed by atoms with Gasteiger partial charge in [0.25, 0.3) is 5.91 Å². The first-order valence-electron chi connectivity index (χ1n) is 5.91. The summed E-state index contributed by atoms with van der Waals surface area (Å²) >= 11 is 0. The lowest BCUT2D eigenvalue weighted by molar-refractivity contribution is -0.153. The van der Waals surface area contributed by atoms with Gasteiger partial charge in [0.05, 0.1) is 11.0 Å². The number of hydrogen-bond acceptors (Lipinski definition) is 2. The fourth-order valence-electron chi connectivity index (χ4n) is 2.09. The maximum atomic E-state index is 13.4. The Kier molecular flexibility index (Phi) is 3.50. The summed E-state index contributed by atoms with van der Waals surface area (Å²) in [4.78, 5) is 22.8. The number of carbonyl (C=O) groups is 2.